The molecule has 2 rings (SSSR count). The standard InChI is InChI=1S/C15H21F3N4O2S.HI/c1-4-19-14(22-6-9(2)10(7-22)13(23)24-3)20-5-12-21-11(8-25-12)15(16,17)18;/h8-10H,4-7H2,1-3H3,(H,19,20);1H. The van der Waals surface area contributed by atoms with Gasteiger partial charge in [0.1, 0.15) is 5.01 Å². The second-order valence-electron chi connectivity index (χ2n) is 5.81. The van der Waals surface area contributed by atoms with Gasteiger partial charge in [-0.25, -0.2) is 9.98 Å². The van der Waals surface area contributed by atoms with Crippen molar-refractivity contribution in [3.8, 4) is 0 Å². The zero-order chi connectivity index (χ0) is 18.6. The first-order chi connectivity index (χ1) is 11.8. The van der Waals surface area contributed by atoms with Crippen LogP contribution in [-0.4, -0.2) is 48.6 Å². The molecule has 0 aliphatic carbocycles. The Bertz CT molecular complexity index is 639. The van der Waals surface area contributed by atoms with Gasteiger partial charge in [-0.2, -0.15) is 13.2 Å². The fraction of sp³-hybridized carbons (Fsp3) is 0.667. The molecular weight excluding hydrogens is 484 g/mol. The molecule has 6 nitrogen and oxygen atoms in total. The predicted molar refractivity (Wildman–Crippen MR) is 104 cm³/mol. The molecule has 0 bridgehead atoms. The van der Waals surface area contributed by atoms with E-state index in [2.05, 4.69) is 15.3 Å². The van der Waals surface area contributed by atoms with E-state index in [1.54, 1.807) is 0 Å². The fourth-order valence-corrected chi connectivity index (χ4v) is 3.40. The highest BCUT2D eigenvalue weighted by Crippen LogP contribution is 2.30. The van der Waals surface area contributed by atoms with Crippen LogP contribution in [0.2, 0.25) is 0 Å². The molecule has 26 heavy (non-hydrogen) atoms. The van der Waals surface area contributed by atoms with Crippen LogP contribution in [-0.2, 0) is 22.3 Å². The molecular formula is C15H22F3IN4O2S. The summed E-state index contributed by atoms with van der Waals surface area (Å²) in [4.78, 5) is 21.7. The molecule has 1 fully saturated rings. The zero-order valence-corrected chi connectivity index (χ0v) is 17.8. The number of hydrogen-bond acceptors (Lipinski definition) is 5. The Kier molecular flexibility index (Phi) is 8.57. The molecule has 0 amide bonds. The Morgan fingerprint density at radius 2 is 2.19 bits per heavy atom. The number of likely N-dealkylation sites (tertiary alicyclic amines) is 1. The lowest BCUT2D eigenvalue weighted by atomic mass is 9.99. The molecule has 1 aliphatic rings. The molecule has 1 N–H and O–H groups in total. The summed E-state index contributed by atoms with van der Waals surface area (Å²) in [5.41, 5.74) is -0.895. The van der Waals surface area contributed by atoms with E-state index in [0.717, 1.165) is 16.7 Å². The summed E-state index contributed by atoms with van der Waals surface area (Å²) >= 11 is 0.930. The number of methoxy groups -OCH3 is 1. The topological polar surface area (TPSA) is 66.8 Å². The van der Waals surface area contributed by atoms with E-state index in [4.69, 9.17) is 4.74 Å². The Balaban J connectivity index is 0.00000338. The van der Waals surface area contributed by atoms with Gasteiger partial charge in [-0.15, -0.1) is 35.3 Å². The summed E-state index contributed by atoms with van der Waals surface area (Å²) in [5, 5.41) is 4.39. The van der Waals surface area contributed by atoms with Gasteiger partial charge in [-0.05, 0) is 12.8 Å². The summed E-state index contributed by atoms with van der Waals surface area (Å²) in [6, 6.07) is 0. The van der Waals surface area contributed by atoms with Gasteiger partial charge in [0.15, 0.2) is 11.7 Å². The molecule has 0 aromatic carbocycles. The van der Waals surface area contributed by atoms with E-state index in [1.807, 2.05) is 18.7 Å². The fourth-order valence-electron chi connectivity index (χ4n) is 2.68. The highest BCUT2D eigenvalue weighted by molar-refractivity contribution is 14.0. The summed E-state index contributed by atoms with van der Waals surface area (Å²) in [6.45, 7) is 5.61. The Hall–Kier alpha value is -1.11. The van der Waals surface area contributed by atoms with Gasteiger partial charge in [0.05, 0.1) is 19.6 Å². The van der Waals surface area contributed by atoms with E-state index in [9.17, 15) is 18.0 Å². The van der Waals surface area contributed by atoms with E-state index in [0.29, 0.717) is 30.6 Å². The Labute approximate surface area is 171 Å². The normalized spacial score (nSPS) is 20.7. The molecule has 2 unspecified atom stereocenters. The van der Waals surface area contributed by atoms with Crippen LogP contribution in [0.25, 0.3) is 0 Å². The molecule has 2 atom stereocenters. The van der Waals surface area contributed by atoms with Crippen molar-refractivity contribution < 1.29 is 22.7 Å². The van der Waals surface area contributed by atoms with Gasteiger partial charge in [0.2, 0.25) is 0 Å². The van der Waals surface area contributed by atoms with E-state index in [1.165, 1.54) is 7.11 Å². The van der Waals surface area contributed by atoms with Gasteiger partial charge in [-0.3, -0.25) is 4.79 Å². The van der Waals surface area contributed by atoms with Crippen molar-refractivity contribution in [2.45, 2.75) is 26.6 Å². The van der Waals surface area contributed by atoms with Crippen molar-refractivity contribution in [3.63, 3.8) is 0 Å². The van der Waals surface area contributed by atoms with Crippen molar-refractivity contribution in [1.82, 2.24) is 15.2 Å². The number of nitrogens with zero attached hydrogens (tertiary/aromatic N) is 3. The molecule has 11 heteroatoms. The molecule has 148 valence electrons. The van der Waals surface area contributed by atoms with Gasteiger partial charge >= 0.3 is 12.1 Å². The first-order valence-corrected chi connectivity index (χ1v) is 8.76. The maximum atomic E-state index is 12.6. The van der Waals surface area contributed by atoms with Gasteiger partial charge < -0.3 is 15.0 Å². The van der Waals surface area contributed by atoms with Crippen molar-refractivity contribution in [2.75, 3.05) is 26.7 Å². The van der Waals surface area contributed by atoms with Crippen LogP contribution in [0.3, 0.4) is 0 Å². The lowest BCUT2D eigenvalue weighted by Gasteiger charge is -2.21. The number of carbonyl (C=O) groups excluding carboxylic acids is 1. The smallest absolute Gasteiger partial charge is 0.434 e. The number of aromatic nitrogens is 1. The molecule has 1 aromatic heterocycles. The van der Waals surface area contributed by atoms with E-state index in [-0.39, 0.29) is 48.3 Å². The molecule has 0 radical (unpaired) electrons. The van der Waals surface area contributed by atoms with Crippen LogP contribution in [0.5, 0.6) is 0 Å². The Morgan fingerprint density at radius 1 is 1.50 bits per heavy atom. The second-order valence-corrected chi connectivity index (χ2v) is 6.75. The molecule has 1 aliphatic heterocycles. The van der Waals surface area contributed by atoms with Crippen LogP contribution in [0.1, 0.15) is 24.5 Å². The highest BCUT2D eigenvalue weighted by atomic mass is 127. The number of aliphatic imine (C=N–C) groups is 1. The number of carbonyl (C=O) groups is 1. The highest BCUT2D eigenvalue weighted by Gasteiger charge is 2.37. The minimum Gasteiger partial charge on any atom is -0.469 e. The quantitative estimate of drug-likeness (QED) is 0.295. The average Bonchev–Trinajstić information content (AvgIpc) is 3.17. The van der Waals surface area contributed by atoms with E-state index >= 15 is 0 Å². The molecule has 0 saturated carbocycles. The number of nitrogens with one attached hydrogen (secondary N) is 1. The van der Waals surface area contributed by atoms with E-state index < -0.39 is 11.9 Å². The number of ether oxygens (including phenoxy) is 1. The lowest BCUT2D eigenvalue weighted by molar-refractivity contribution is -0.146. The summed E-state index contributed by atoms with van der Waals surface area (Å²) in [7, 11) is 1.36. The predicted octanol–water partition coefficient (Wildman–Crippen LogP) is 2.99. The van der Waals surface area contributed by atoms with Crippen LogP contribution in [0.15, 0.2) is 10.4 Å². The van der Waals surface area contributed by atoms with Crippen LogP contribution in [0.4, 0.5) is 13.2 Å². The first kappa shape index (κ1) is 22.9. The maximum absolute atomic E-state index is 12.6. The van der Waals surface area contributed by atoms with Crippen LogP contribution in [0, 0.1) is 11.8 Å². The van der Waals surface area contributed by atoms with Gasteiger partial charge in [-0.1, -0.05) is 6.92 Å². The second kappa shape index (κ2) is 9.72. The first-order valence-electron chi connectivity index (χ1n) is 7.89. The third kappa shape index (κ3) is 5.69. The van der Waals surface area contributed by atoms with Gasteiger partial charge in [0.25, 0.3) is 0 Å². The molecule has 1 aromatic rings. The third-order valence-electron chi connectivity index (χ3n) is 3.96. The monoisotopic (exact) mass is 506 g/mol. The number of alkyl halides is 3. The van der Waals surface area contributed by atoms with Crippen molar-refractivity contribution >= 4 is 47.2 Å². The molecule has 1 saturated heterocycles. The average molecular weight is 506 g/mol. The lowest BCUT2D eigenvalue weighted by Crippen LogP contribution is -2.40. The maximum Gasteiger partial charge on any atom is 0.434 e. The SMILES string of the molecule is CCNC(=NCc1nc(C(F)(F)F)cs1)N1CC(C)C(C(=O)OC)C1.I. The van der Waals surface area contributed by atoms with Crippen molar-refractivity contribution in [2.24, 2.45) is 16.8 Å². The van der Waals surface area contributed by atoms with Crippen molar-refractivity contribution in [1.29, 1.82) is 0 Å². The van der Waals surface area contributed by atoms with Crippen molar-refractivity contribution in [3.05, 3.63) is 16.1 Å². The summed E-state index contributed by atoms with van der Waals surface area (Å²) < 4.78 is 42.6. The minimum absolute atomic E-state index is 0. The summed E-state index contributed by atoms with van der Waals surface area (Å²) in [6.07, 6.45) is -4.44. The number of esters is 1. The largest absolute Gasteiger partial charge is 0.469 e. The number of rotatable bonds is 4. The zero-order valence-electron chi connectivity index (χ0n) is 14.7. The van der Waals surface area contributed by atoms with Crippen LogP contribution >= 0.6 is 35.3 Å². The number of halogens is 4. The number of guanidine groups is 1. The molecule has 2 heterocycles. The molecule has 0 spiro atoms. The number of thiazole rings is 1. The van der Waals surface area contributed by atoms with Crippen LogP contribution < -0.4 is 5.32 Å². The summed E-state index contributed by atoms with van der Waals surface area (Å²) in [5.74, 6) is 0.156. The van der Waals surface area contributed by atoms with Gasteiger partial charge in [0, 0.05) is 25.0 Å². The third-order valence-corrected chi connectivity index (χ3v) is 4.79. The number of hydrogen-bond donors (Lipinski definition) is 1. The Morgan fingerprint density at radius 3 is 2.73 bits per heavy atom. The minimum atomic E-state index is -4.44.